The van der Waals surface area contributed by atoms with E-state index in [4.69, 9.17) is 5.11 Å². The van der Waals surface area contributed by atoms with E-state index < -0.39 is 0 Å². The smallest absolute Gasteiger partial charge is 0.134 e. The summed E-state index contributed by atoms with van der Waals surface area (Å²) in [6, 6.07) is 1.95. The van der Waals surface area contributed by atoms with Crippen LogP contribution in [0.2, 0.25) is 0 Å². The summed E-state index contributed by atoms with van der Waals surface area (Å²) in [4.78, 5) is 4.48. The maximum Gasteiger partial charge on any atom is 0.134 e. The van der Waals surface area contributed by atoms with Crippen LogP contribution < -0.4 is 5.32 Å². The van der Waals surface area contributed by atoms with Gasteiger partial charge in [-0.3, -0.25) is 4.68 Å². The zero-order valence-corrected chi connectivity index (χ0v) is 9.78. The van der Waals surface area contributed by atoms with E-state index in [1.165, 1.54) is 0 Å². The molecule has 2 heterocycles. The number of aliphatic hydroxyl groups excluding tert-OH is 1. The zero-order chi connectivity index (χ0) is 11.7. The van der Waals surface area contributed by atoms with Crippen molar-refractivity contribution in [3.63, 3.8) is 0 Å². The molecular formula is C11H16N4O. The number of hydrogen-bond acceptors (Lipinski definition) is 4. The second kappa shape index (κ2) is 4.09. The third kappa shape index (κ3) is 1.74. The van der Waals surface area contributed by atoms with Crippen molar-refractivity contribution in [3.8, 4) is 0 Å². The highest BCUT2D eigenvalue weighted by atomic mass is 16.3. The third-order valence-corrected chi connectivity index (χ3v) is 2.63. The van der Waals surface area contributed by atoms with Gasteiger partial charge in [-0.15, -0.1) is 0 Å². The Labute approximate surface area is 94.1 Å². The molecule has 0 spiro atoms. The van der Waals surface area contributed by atoms with Gasteiger partial charge in [-0.05, 0) is 19.9 Å². The highest BCUT2D eigenvalue weighted by molar-refractivity contribution is 5.89. The van der Waals surface area contributed by atoms with Gasteiger partial charge in [0, 0.05) is 19.3 Å². The number of fused-ring (bicyclic) bond motifs is 1. The fourth-order valence-corrected chi connectivity index (χ4v) is 1.72. The van der Waals surface area contributed by atoms with Gasteiger partial charge in [0.05, 0.1) is 18.0 Å². The quantitative estimate of drug-likeness (QED) is 0.809. The Bertz CT molecular complexity index is 518. The van der Waals surface area contributed by atoms with Crippen molar-refractivity contribution in [2.45, 2.75) is 13.8 Å². The van der Waals surface area contributed by atoms with Crippen molar-refractivity contribution in [2.75, 3.05) is 18.5 Å². The van der Waals surface area contributed by atoms with Gasteiger partial charge in [-0.1, -0.05) is 0 Å². The van der Waals surface area contributed by atoms with E-state index in [1.807, 2.05) is 31.6 Å². The van der Waals surface area contributed by atoms with Gasteiger partial charge >= 0.3 is 0 Å². The van der Waals surface area contributed by atoms with Crippen molar-refractivity contribution in [2.24, 2.45) is 7.05 Å². The van der Waals surface area contributed by atoms with Gasteiger partial charge in [0.25, 0.3) is 0 Å². The van der Waals surface area contributed by atoms with E-state index in [-0.39, 0.29) is 6.61 Å². The summed E-state index contributed by atoms with van der Waals surface area (Å²) in [6.45, 7) is 4.58. The minimum Gasteiger partial charge on any atom is -0.395 e. The average Bonchev–Trinajstić information content (AvgIpc) is 2.53. The Balaban J connectivity index is 2.58. The highest BCUT2D eigenvalue weighted by Gasteiger charge is 2.11. The normalized spacial score (nSPS) is 11.0. The monoisotopic (exact) mass is 220 g/mol. The third-order valence-electron chi connectivity index (χ3n) is 2.63. The van der Waals surface area contributed by atoms with Crippen LogP contribution in [0.3, 0.4) is 0 Å². The molecule has 0 aromatic carbocycles. The molecule has 2 aromatic rings. The lowest BCUT2D eigenvalue weighted by Gasteiger charge is -2.05. The van der Waals surface area contributed by atoms with Crippen LogP contribution in [0.15, 0.2) is 6.07 Å². The van der Waals surface area contributed by atoms with Gasteiger partial charge in [-0.2, -0.15) is 5.10 Å². The highest BCUT2D eigenvalue weighted by Crippen LogP contribution is 2.23. The lowest BCUT2D eigenvalue weighted by atomic mass is 10.2. The molecule has 5 nitrogen and oxygen atoms in total. The van der Waals surface area contributed by atoms with Gasteiger partial charge in [-0.25, -0.2) is 4.98 Å². The van der Waals surface area contributed by atoms with Crippen molar-refractivity contribution in [1.82, 2.24) is 14.8 Å². The molecule has 86 valence electrons. The van der Waals surface area contributed by atoms with Crippen LogP contribution in [0.5, 0.6) is 0 Å². The number of aliphatic hydroxyl groups is 1. The minimum atomic E-state index is 0.106. The maximum absolute atomic E-state index is 8.83. The molecule has 0 aliphatic rings. The first-order chi connectivity index (χ1) is 7.63. The second-order valence-electron chi connectivity index (χ2n) is 3.87. The first-order valence-electron chi connectivity index (χ1n) is 5.29. The van der Waals surface area contributed by atoms with E-state index in [9.17, 15) is 0 Å². The van der Waals surface area contributed by atoms with Crippen LogP contribution in [0, 0.1) is 13.8 Å². The molecule has 0 amide bonds. The van der Waals surface area contributed by atoms with Crippen molar-refractivity contribution < 1.29 is 5.11 Å². The molecule has 0 radical (unpaired) electrons. The van der Waals surface area contributed by atoms with Crippen LogP contribution in [-0.2, 0) is 7.05 Å². The van der Waals surface area contributed by atoms with E-state index >= 15 is 0 Å². The number of pyridine rings is 1. The number of rotatable bonds is 3. The molecule has 5 heteroatoms. The first-order valence-corrected chi connectivity index (χ1v) is 5.29. The average molecular weight is 220 g/mol. The summed E-state index contributed by atoms with van der Waals surface area (Å²) in [7, 11) is 1.90. The Kier molecular flexibility index (Phi) is 2.78. The lowest BCUT2D eigenvalue weighted by Crippen LogP contribution is -2.06. The number of nitrogens with one attached hydrogen (secondary N) is 1. The SMILES string of the molecule is Cc1cc(NCCO)c2nn(C)c(C)c2n1. The molecule has 16 heavy (non-hydrogen) atoms. The Hall–Kier alpha value is -1.62. The first kappa shape index (κ1) is 10.9. The van der Waals surface area contributed by atoms with Crippen LogP contribution in [0.1, 0.15) is 11.4 Å². The van der Waals surface area contributed by atoms with Crippen molar-refractivity contribution in [1.29, 1.82) is 0 Å². The number of aryl methyl sites for hydroxylation is 3. The molecule has 0 bridgehead atoms. The number of anilines is 1. The molecule has 0 saturated heterocycles. The van der Waals surface area contributed by atoms with Crippen LogP contribution in [0.4, 0.5) is 5.69 Å². The van der Waals surface area contributed by atoms with Crippen LogP contribution >= 0.6 is 0 Å². The Morgan fingerprint density at radius 2 is 2.12 bits per heavy atom. The predicted molar refractivity (Wildman–Crippen MR) is 63.6 cm³/mol. The van der Waals surface area contributed by atoms with E-state index in [2.05, 4.69) is 15.4 Å². The van der Waals surface area contributed by atoms with Crippen molar-refractivity contribution in [3.05, 3.63) is 17.5 Å². The van der Waals surface area contributed by atoms with E-state index in [1.54, 1.807) is 0 Å². The molecule has 0 aliphatic carbocycles. The molecule has 0 aliphatic heterocycles. The summed E-state index contributed by atoms with van der Waals surface area (Å²) in [5.41, 5.74) is 4.71. The van der Waals surface area contributed by atoms with Gasteiger partial charge in [0.15, 0.2) is 0 Å². The molecule has 0 saturated carbocycles. The number of aromatic nitrogens is 3. The van der Waals surface area contributed by atoms with Crippen molar-refractivity contribution >= 4 is 16.7 Å². The van der Waals surface area contributed by atoms with Gasteiger partial charge in [0.2, 0.25) is 0 Å². The number of nitrogens with zero attached hydrogens (tertiary/aromatic N) is 3. The fourth-order valence-electron chi connectivity index (χ4n) is 1.72. The molecule has 0 unspecified atom stereocenters. The summed E-state index contributed by atoms with van der Waals surface area (Å²) < 4.78 is 1.82. The van der Waals surface area contributed by atoms with E-state index in [0.29, 0.717) is 6.54 Å². The predicted octanol–water partition coefficient (Wildman–Crippen LogP) is 0.989. The van der Waals surface area contributed by atoms with E-state index in [0.717, 1.165) is 28.1 Å². The molecule has 2 aromatic heterocycles. The topological polar surface area (TPSA) is 63.0 Å². The minimum absolute atomic E-state index is 0.106. The van der Waals surface area contributed by atoms with Crippen LogP contribution in [0.25, 0.3) is 11.0 Å². The molecule has 0 atom stereocenters. The number of hydrogen-bond donors (Lipinski definition) is 2. The largest absolute Gasteiger partial charge is 0.395 e. The molecule has 0 fully saturated rings. The van der Waals surface area contributed by atoms with Gasteiger partial charge < -0.3 is 10.4 Å². The maximum atomic E-state index is 8.83. The summed E-state index contributed by atoms with van der Waals surface area (Å²) in [5, 5.41) is 16.4. The Morgan fingerprint density at radius 3 is 2.81 bits per heavy atom. The zero-order valence-electron chi connectivity index (χ0n) is 9.78. The summed E-state index contributed by atoms with van der Waals surface area (Å²) in [5.74, 6) is 0. The standard InChI is InChI=1S/C11H16N4O/c1-7-6-9(12-4-5-16)11-10(13-7)8(2)15(3)14-11/h6,12,16H,4-5H2,1-3H3. The van der Waals surface area contributed by atoms with Crippen LogP contribution in [-0.4, -0.2) is 33.0 Å². The second-order valence-corrected chi connectivity index (χ2v) is 3.87. The lowest BCUT2D eigenvalue weighted by molar-refractivity contribution is 0.311. The summed E-state index contributed by atoms with van der Waals surface area (Å²) in [6.07, 6.45) is 0. The molecule has 2 N–H and O–H groups in total. The summed E-state index contributed by atoms with van der Waals surface area (Å²) >= 11 is 0. The molecular weight excluding hydrogens is 204 g/mol. The Morgan fingerprint density at radius 1 is 1.38 bits per heavy atom. The fraction of sp³-hybridized carbons (Fsp3) is 0.455. The van der Waals surface area contributed by atoms with Gasteiger partial charge in [0.1, 0.15) is 11.0 Å². The molecule has 2 rings (SSSR count).